The lowest BCUT2D eigenvalue weighted by Crippen LogP contribution is -2.43. The molecule has 1 heterocycles. The fourth-order valence-electron chi connectivity index (χ4n) is 1.06. The highest BCUT2D eigenvalue weighted by atomic mass is 16.5. The van der Waals surface area contributed by atoms with E-state index in [1.165, 1.54) is 0 Å². The Kier molecular flexibility index (Phi) is 3.93. The van der Waals surface area contributed by atoms with Crippen molar-refractivity contribution in [1.82, 2.24) is 9.97 Å². The first kappa shape index (κ1) is 13.7. The first-order valence-corrected chi connectivity index (χ1v) is 5.58. The van der Waals surface area contributed by atoms with Gasteiger partial charge in [0, 0.05) is 12.0 Å². The van der Waals surface area contributed by atoms with E-state index >= 15 is 0 Å². The Morgan fingerprint density at radius 1 is 1.29 bits per heavy atom. The van der Waals surface area contributed by atoms with Gasteiger partial charge < -0.3 is 15.2 Å². The highest BCUT2D eigenvalue weighted by molar-refractivity contribution is 5.33. The van der Waals surface area contributed by atoms with E-state index in [0.29, 0.717) is 18.2 Å². The van der Waals surface area contributed by atoms with E-state index in [1.807, 2.05) is 13.8 Å². The van der Waals surface area contributed by atoms with Gasteiger partial charge in [-0.25, -0.2) is 0 Å². The van der Waals surface area contributed by atoms with Crippen LogP contribution in [0.5, 0.6) is 5.88 Å². The van der Waals surface area contributed by atoms with E-state index in [9.17, 15) is 5.11 Å². The number of methoxy groups -OCH3 is 1. The molecule has 0 saturated carbocycles. The summed E-state index contributed by atoms with van der Waals surface area (Å²) in [5.41, 5.74) is -1.05. The Bertz CT molecular complexity index is 372. The standard InChI is InChI=1S/C12H21N3O2/c1-11(2,12(3,4)16)8-14-9-6-13-7-10(15-9)17-5/h6-7,16H,8H2,1-5H3,(H,14,15). The zero-order valence-corrected chi connectivity index (χ0v) is 11.1. The number of nitrogens with zero attached hydrogens (tertiary/aromatic N) is 2. The predicted octanol–water partition coefficient (Wildman–Crippen LogP) is 1.69. The maximum atomic E-state index is 10.0. The van der Waals surface area contributed by atoms with Crippen molar-refractivity contribution in [1.29, 1.82) is 0 Å². The van der Waals surface area contributed by atoms with Crippen LogP contribution in [0.4, 0.5) is 5.82 Å². The van der Waals surface area contributed by atoms with Crippen LogP contribution in [0.25, 0.3) is 0 Å². The van der Waals surface area contributed by atoms with Crippen molar-refractivity contribution in [3.8, 4) is 5.88 Å². The lowest BCUT2D eigenvalue weighted by Gasteiger charge is -2.37. The molecule has 0 radical (unpaired) electrons. The van der Waals surface area contributed by atoms with Gasteiger partial charge in [0.05, 0.1) is 25.1 Å². The number of aromatic nitrogens is 2. The zero-order chi connectivity index (χ0) is 13.1. The topological polar surface area (TPSA) is 67.3 Å². The second-order valence-corrected chi connectivity index (χ2v) is 5.24. The molecule has 0 spiro atoms. The van der Waals surface area contributed by atoms with E-state index < -0.39 is 5.60 Å². The van der Waals surface area contributed by atoms with Gasteiger partial charge in [0.1, 0.15) is 5.82 Å². The fraction of sp³-hybridized carbons (Fsp3) is 0.667. The molecule has 5 heteroatoms. The fourth-order valence-corrected chi connectivity index (χ4v) is 1.06. The Morgan fingerprint density at radius 2 is 1.94 bits per heavy atom. The van der Waals surface area contributed by atoms with Crippen molar-refractivity contribution in [2.24, 2.45) is 5.41 Å². The van der Waals surface area contributed by atoms with Gasteiger partial charge in [-0.1, -0.05) is 13.8 Å². The third-order valence-electron chi connectivity index (χ3n) is 3.19. The van der Waals surface area contributed by atoms with Crippen LogP contribution in [0.3, 0.4) is 0 Å². The molecule has 0 saturated heterocycles. The molecule has 0 aliphatic heterocycles. The highest BCUT2D eigenvalue weighted by Crippen LogP contribution is 2.30. The van der Waals surface area contributed by atoms with Crippen LogP contribution in [-0.4, -0.2) is 34.3 Å². The lowest BCUT2D eigenvalue weighted by molar-refractivity contribution is -0.0270. The average molecular weight is 239 g/mol. The highest BCUT2D eigenvalue weighted by Gasteiger charge is 2.34. The van der Waals surface area contributed by atoms with Crippen molar-refractivity contribution in [2.75, 3.05) is 19.0 Å². The molecule has 2 N–H and O–H groups in total. The molecule has 0 aliphatic carbocycles. The number of anilines is 1. The van der Waals surface area contributed by atoms with Gasteiger partial charge in [0.2, 0.25) is 5.88 Å². The summed E-state index contributed by atoms with van der Waals surface area (Å²) in [6.45, 7) is 8.18. The number of hydrogen-bond donors (Lipinski definition) is 2. The minimum atomic E-state index is -0.772. The van der Waals surface area contributed by atoms with Crippen LogP contribution < -0.4 is 10.1 Å². The number of nitrogens with one attached hydrogen (secondary N) is 1. The Morgan fingerprint density at radius 3 is 2.47 bits per heavy atom. The van der Waals surface area contributed by atoms with E-state index in [1.54, 1.807) is 33.4 Å². The summed E-state index contributed by atoms with van der Waals surface area (Å²) in [7, 11) is 1.55. The second kappa shape index (κ2) is 4.87. The van der Waals surface area contributed by atoms with Crippen LogP contribution in [-0.2, 0) is 0 Å². The average Bonchev–Trinajstić information content (AvgIpc) is 2.25. The number of ether oxygens (including phenoxy) is 1. The maximum absolute atomic E-state index is 10.0. The molecule has 0 aliphatic rings. The van der Waals surface area contributed by atoms with Gasteiger partial charge in [-0.15, -0.1) is 0 Å². The van der Waals surface area contributed by atoms with Crippen LogP contribution in [0, 0.1) is 5.41 Å². The first-order chi connectivity index (χ1) is 7.76. The molecule has 0 bridgehead atoms. The molecular formula is C12H21N3O2. The van der Waals surface area contributed by atoms with Gasteiger partial charge in [-0.3, -0.25) is 4.98 Å². The van der Waals surface area contributed by atoms with Crippen LogP contribution in [0.15, 0.2) is 12.4 Å². The third-order valence-corrected chi connectivity index (χ3v) is 3.19. The van der Waals surface area contributed by atoms with Gasteiger partial charge in [-0.2, -0.15) is 4.98 Å². The monoisotopic (exact) mass is 239 g/mol. The minimum Gasteiger partial charge on any atom is -0.480 e. The smallest absolute Gasteiger partial charge is 0.233 e. The minimum absolute atomic E-state index is 0.280. The summed E-state index contributed by atoms with van der Waals surface area (Å²) in [5, 5.41) is 13.2. The molecule has 1 aromatic heterocycles. The van der Waals surface area contributed by atoms with Gasteiger partial charge in [0.25, 0.3) is 0 Å². The number of hydrogen-bond acceptors (Lipinski definition) is 5. The molecule has 0 unspecified atom stereocenters. The Balaban J connectivity index is 2.67. The zero-order valence-electron chi connectivity index (χ0n) is 11.1. The largest absolute Gasteiger partial charge is 0.480 e. The molecule has 96 valence electrons. The SMILES string of the molecule is COc1cncc(NCC(C)(C)C(C)(C)O)n1. The van der Waals surface area contributed by atoms with Crippen molar-refractivity contribution in [3.05, 3.63) is 12.4 Å². The summed E-state index contributed by atoms with van der Waals surface area (Å²) >= 11 is 0. The quantitative estimate of drug-likeness (QED) is 0.818. The summed E-state index contributed by atoms with van der Waals surface area (Å²) in [6, 6.07) is 0. The van der Waals surface area contributed by atoms with Gasteiger partial charge in [-0.05, 0) is 13.8 Å². The molecule has 0 amide bonds. The normalized spacial score (nSPS) is 12.4. The molecule has 0 fully saturated rings. The maximum Gasteiger partial charge on any atom is 0.233 e. The predicted molar refractivity (Wildman–Crippen MR) is 67.2 cm³/mol. The number of aliphatic hydroxyl groups is 1. The van der Waals surface area contributed by atoms with Crippen molar-refractivity contribution in [2.45, 2.75) is 33.3 Å². The molecule has 5 nitrogen and oxygen atoms in total. The van der Waals surface area contributed by atoms with Crippen molar-refractivity contribution in [3.63, 3.8) is 0 Å². The molecule has 0 aromatic carbocycles. The molecule has 1 aromatic rings. The summed E-state index contributed by atoms with van der Waals surface area (Å²) in [6.07, 6.45) is 3.18. The van der Waals surface area contributed by atoms with Crippen molar-refractivity contribution >= 4 is 5.82 Å². The second-order valence-electron chi connectivity index (χ2n) is 5.24. The molecule has 1 rings (SSSR count). The Hall–Kier alpha value is -1.36. The Labute approximate surface area is 102 Å². The lowest BCUT2D eigenvalue weighted by atomic mass is 9.77. The van der Waals surface area contributed by atoms with Crippen LogP contribution in [0.1, 0.15) is 27.7 Å². The van der Waals surface area contributed by atoms with Gasteiger partial charge in [0.15, 0.2) is 0 Å². The van der Waals surface area contributed by atoms with E-state index in [-0.39, 0.29) is 5.41 Å². The third kappa shape index (κ3) is 3.56. The van der Waals surface area contributed by atoms with E-state index in [4.69, 9.17) is 4.74 Å². The molecule has 0 atom stereocenters. The summed E-state index contributed by atoms with van der Waals surface area (Å²) in [5.74, 6) is 1.11. The summed E-state index contributed by atoms with van der Waals surface area (Å²) in [4.78, 5) is 8.20. The summed E-state index contributed by atoms with van der Waals surface area (Å²) < 4.78 is 4.99. The van der Waals surface area contributed by atoms with E-state index in [0.717, 1.165) is 0 Å². The molecular weight excluding hydrogens is 218 g/mol. The first-order valence-electron chi connectivity index (χ1n) is 5.58. The molecule has 17 heavy (non-hydrogen) atoms. The van der Waals surface area contributed by atoms with Crippen LogP contribution in [0.2, 0.25) is 0 Å². The van der Waals surface area contributed by atoms with E-state index in [2.05, 4.69) is 15.3 Å². The van der Waals surface area contributed by atoms with Gasteiger partial charge >= 0.3 is 0 Å². The number of rotatable bonds is 5. The van der Waals surface area contributed by atoms with Crippen molar-refractivity contribution < 1.29 is 9.84 Å². The van der Waals surface area contributed by atoms with Crippen LogP contribution >= 0.6 is 0 Å².